The van der Waals surface area contributed by atoms with E-state index in [0.717, 1.165) is 43.9 Å². The van der Waals surface area contributed by atoms with Gasteiger partial charge in [0.15, 0.2) is 11.5 Å². The summed E-state index contributed by atoms with van der Waals surface area (Å²) in [5.41, 5.74) is 0.905. The topological polar surface area (TPSA) is 54.8 Å². The second kappa shape index (κ2) is 6.90. The Morgan fingerprint density at radius 1 is 1.35 bits per heavy atom. The predicted octanol–water partition coefficient (Wildman–Crippen LogP) is 1.69. The number of ether oxygens (including phenoxy) is 2. The summed E-state index contributed by atoms with van der Waals surface area (Å²) in [5.74, 6) is 1.86. The van der Waals surface area contributed by atoms with Crippen LogP contribution in [-0.4, -0.2) is 48.4 Å². The van der Waals surface area contributed by atoms with Gasteiger partial charge >= 0.3 is 0 Å². The van der Waals surface area contributed by atoms with Crippen LogP contribution in [0.15, 0.2) is 12.3 Å². The number of methoxy groups -OCH3 is 2. The lowest BCUT2D eigenvalue weighted by Crippen LogP contribution is -2.36. The molecule has 1 fully saturated rings. The molecule has 0 bridgehead atoms. The molecule has 0 saturated carbocycles. The van der Waals surface area contributed by atoms with E-state index < -0.39 is 0 Å². The monoisotopic (exact) mass is 280 g/mol. The number of likely N-dealkylation sites (tertiary alicyclic amines) is 1. The van der Waals surface area contributed by atoms with Gasteiger partial charge in [-0.05, 0) is 38.8 Å². The van der Waals surface area contributed by atoms with Crippen molar-refractivity contribution >= 4 is 0 Å². The summed E-state index contributed by atoms with van der Waals surface area (Å²) in [6.07, 6.45) is 3.61. The van der Waals surface area contributed by atoms with Gasteiger partial charge < -0.3 is 14.6 Å². The molecule has 2 rings (SSSR count). The van der Waals surface area contributed by atoms with Gasteiger partial charge in [-0.2, -0.15) is 0 Å². The third-order valence-electron chi connectivity index (χ3n) is 4.05. The summed E-state index contributed by atoms with van der Waals surface area (Å²) in [6, 6.07) is 1.81. The van der Waals surface area contributed by atoms with Crippen LogP contribution in [0.3, 0.4) is 0 Å². The predicted molar refractivity (Wildman–Crippen MR) is 77.0 cm³/mol. The maximum atomic E-state index is 9.64. The molecule has 0 radical (unpaired) electrons. The molecule has 0 aromatic carbocycles. The molecule has 112 valence electrons. The van der Waals surface area contributed by atoms with E-state index in [0.29, 0.717) is 11.7 Å². The largest absolute Gasteiger partial charge is 0.493 e. The van der Waals surface area contributed by atoms with Gasteiger partial charge in [-0.3, -0.25) is 9.88 Å². The normalized spacial score (nSPS) is 18.8. The van der Waals surface area contributed by atoms with E-state index >= 15 is 0 Å². The Morgan fingerprint density at radius 2 is 2.05 bits per heavy atom. The van der Waals surface area contributed by atoms with Crippen LogP contribution < -0.4 is 9.47 Å². The molecule has 1 unspecified atom stereocenters. The first-order chi connectivity index (χ1) is 9.65. The molecule has 5 heteroatoms. The minimum atomic E-state index is -0.207. The number of rotatable bonds is 5. The second-order valence-corrected chi connectivity index (χ2v) is 5.35. The quantitative estimate of drug-likeness (QED) is 0.889. The minimum Gasteiger partial charge on any atom is -0.493 e. The Hall–Kier alpha value is -1.33. The SMILES string of the molecule is COc1ccnc(CN2CCC(C(C)O)CC2)c1OC. The van der Waals surface area contributed by atoms with Crippen molar-refractivity contribution in [1.29, 1.82) is 0 Å². The number of pyridine rings is 1. The molecule has 0 spiro atoms. The number of aliphatic hydroxyl groups excluding tert-OH is 1. The summed E-state index contributed by atoms with van der Waals surface area (Å²) in [7, 11) is 3.28. The molecular weight excluding hydrogens is 256 g/mol. The van der Waals surface area contributed by atoms with Gasteiger partial charge in [-0.25, -0.2) is 0 Å². The van der Waals surface area contributed by atoms with E-state index in [-0.39, 0.29) is 6.10 Å². The van der Waals surface area contributed by atoms with Crippen molar-refractivity contribution in [1.82, 2.24) is 9.88 Å². The first-order valence-corrected chi connectivity index (χ1v) is 7.12. The van der Waals surface area contributed by atoms with Crippen molar-refractivity contribution in [3.8, 4) is 11.5 Å². The van der Waals surface area contributed by atoms with E-state index in [1.54, 1.807) is 20.4 Å². The molecule has 1 saturated heterocycles. The van der Waals surface area contributed by atoms with Gasteiger partial charge in [0.1, 0.15) is 5.69 Å². The highest BCUT2D eigenvalue weighted by Crippen LogP contribution is 2.30. The van der Waals surface area contributed by atoms with E-state index in [4.69, 9.17) is 9.47 Å². The Morgan fingerprint density at radius 3 is 2.60 bits per heavy atom. The van der Waals surface area contributed by atoms with Gasteiger partial charge in [0.05, 0.1) is 20.3 Å². The summed E-state index contributed by atoms with van der Waals surface area (Å²) < 4.78 is 10.7. The summed E-state index contributed by atoms with van der Waals surface area (Å²) >= 11 is 0. The Bertz CT molecular complexity index is 429. The molecule has 20 heavy (non-hydrogen) atoms. The Kier molecular flexibility index (Phi) is 5.20. The number of hydrogen-bond donors (Lipinski definition) is 1. The molecule has 1 aliphatic heterocycles. The zero-order chi connectivity index (χ0) is 14.5. The van der Waals surface area contributed by atoms with Gasteiger partial charge in [0.2, 0.25) is 0 Å². The molecule has 1 N–H and O–H groups in total. The van der Waals surface area contributed by atoms with E-state index in [1.807, 2.05) is 13.0 Å². The van der Waals surface area contributed by atoms with E-state index in [2.05, 4.69) is 9.88 Å². The van der Waals surface area contributed by atoms with Crippen molar-refractivity contribution in [3.05, 3.63) is 18.0 Å². The van der Waals surface area contributed by atoms with Crippen molar-refractivity contribution in [3.63, 3.8) is 0 Å². The number of aromatic nitrogens is 1. The Balaban J connectivity index is 2.01. The van der Waals surface area contributed by atoms with Crippen LogP contribution in [0.25, 0.3) is 0 Å². The van der Waals surface area contributed by atoms with Crippen LogP contribution in [0.1, 0.15) is 25.5 Å². The van der Waals surface area contributed by atoms with Crippen LogP contribution in [0.2, 0.25) is 0 Å². The van der Waals surface area contributed by atoms with Crippen LogP contribution in [0.5, 0.6) is 11.5 Å². The molecule has 0 amide bonds. The summed E-state index contributed by atoms with van der Waals surface area (Å²) in [5, 5.41) is 9.64. The maximum absolute atomic E-state index is 9.64. The zero-order valence-electron chi connectivity index (χ0n) is 12.5. The first kappa shape index (κ1) is 15.1. The van der Waals surface area contributed by atoms with Crippen LogP contribution >= 0.6 is 0 Å². The summed E-state index contributed by atoms with van der Waals surface area (Å²) in [4.78, 5) is 6.76. The molecule has 1 aliphatic rings. The highest BCUT2D eigenvalue weighted by atomic mass is 16.5. The molecule has 0 aliphatic carbocycles. The summed E-state index contributed by atoms with van der Waals surface area (Å²) in [6.45, 7) is 4.61. The minimum absolute atomic E-state index is 0.207. The first-order valence-electron chi connectivity index (χ1n) is 7.12. The molecule has 2 heterocycles. The number of piperidine rings is 1. The highest BCUT2D eigenvalue weighted by Gasteiger charge is 2.24. The van der Waals surface area contributed by atoms with Gasteiger partial charge in [-0.15, -0.1) is 0 Å². The standard InChI is InChI=1S/C15H24N2O3/c1-11(18)12-5-8-17(9-6-12)10-13-15(20-3)14(19-2)4-7-16-13/h4,7,11-12,18H,5-6,8-10H2,1-3H3. The molecule has 1 aromatic heterocycles. The van der Waals surface area contributed by atoms with Crippen LogP contribution in [-0.2, 0) is 6.54 Å². The lowest BCUT2D eigenvalue weighted by Gasteiger charge is -2.33. The smallest absolute Gasteiger partial charge is 0.183 e. The lowest BCUT2D eigenvalue weighted by atomic mass is 9.92. The molecule has 1 aromatic rings. The zero-order valence-corrected chi connectivity index (χ0v) is 12.5. The fourth-order valence-electron chi connectivity index (χ4n) is 2.77. The van der Waals surface area contributed by atoms with Crippen molar-refractivity contribution in [2.75, 3.05) is 27.3 Å². The third-order valence-corrected chi connectivity index (χ3v) is 4.05. The average Bonchev–Trinajstić information content (AvgIpc) is 2.47. The third kappa shape index (κ3) is 3.41. The van der Waals surface area contributed by atoms with Crippen LogP contribution in [0, 0.1) is 5.92 Å². The Labute approximate surface area is 120 Å². The molecule has 1 atom stereocenters. The van der Waals surface area contributed by atoms with Crippen molar-refractivity contribution in [2.24, 2.45) is 5.92 Å². The van der Waals surface area contributed by atoms with E-state index in [9.17, 15) is 5.11 Å². The molecular formula is C15H24N2O3. The van der Waals surface area contributed by atoms with Crippen molar-refractivity contribution in [2.45, 2.75) is 32.4 Å². The maximum Gasteiger partial charge on any atom is 0.183 e. The van der Waals surface area contributed by atoms with Crippen LogP contribution in [0.4, 0.5) is 0 Å². The fourth-order valence-corrected chi connectivity index (χ4v) is 2.77. The fraction of sp³-hybridized carbons (Fsp3) is 0.667. The highest BCUT2D eigenvalue weighted by molar-refractivity contribution is 5.42. The van der Waals surface area contributed by atoms with Gasteiger partial charge in [0, 0.05) is 18.8 Å². The van der Waals surface area contributed by atoms with Crippen molar-refractivity contribution < 1.29 is 14.6 Å². The van der Waals surface area contributed by atoms with E-state index in [1.165, 1.54) is 0 Å². The molecule has 5 nitrogen and oxygen atoms in total. The second-order valence-electron chi connectivity index (χ2n) is 5.35. The average molecular weight is 280 g/mol. The number of hydrogen-bond acceptors (Lipinski definition) is 5. The lowest BCUT2D eigenvalue weighted by molar-refractivity contribution is 0.0688. The number of nitrogens with zero attached hydrogens (tertiary/aromatic N) is 2. The number of aliphatic hydroxyl groups is 1. The van der Waals surface area contributed by atoms with Gasteiger partial charge in [-0.1, -0.05) is 0 Å². The van der Waals surface area contributed by atoms with Gasteiger partial charge in [0.25, 0.3) is 0 Å².